The molecule has 2 aromatic rings. The highest BCUT2D eigenvalue weighted by atomic mass is 16.2. The SMILES string of the molecule is Cc1cc(C)cc(CNC(=O)[C@@]2(N3CCNCC3)CCc3ccccc32)c1. The summed E-state index contributed by atoms with van der Waals surface area (Å²) in [6, 6.07) is 15.0. The molecule has 1 aliphatic heterocycles. The van der Waals surface area contributed by atoms with Gasteiger partial charge in [0.25, 0.3) is 0 Å². The van der Waals surface area contributed by atoms with E-state index >= 15 is 0 Å². The zero-order valence-corrected chi connectivity index (χ0v) is 16.3. The van der Waals surface area contributed by atoms with Crippen LogP contribution >= 0.6 is 0 Å². The number of amides is 1. The number of nitrogens with one attached hydrogen (secondary N) is 2. The molecule has 0 spiro atoms. The summed E-state index contributed by atoms with van der Waals surface area (Å²) in [5, 5.41) is 6.69. The van der Waals surface area contributed by atoms with Crippen molar-refractivity contribution in [3.05, 3.63) is 70.3 Å². The molecule has 0 bridgehead atoms. The Morgan fingerprint density at radius 1 is 1.11 bits per heavy atom. The molecule has 142 valence electrons. The van der Waals surface area contributed by atoms with E-state index in [1.165, 1.54) is 27.8 Å². The van der Waals surface area contributed by atoms with Gasteiger partial charge in [-0.05, 0) is 43.4 Å². The van der Waals surface area contributed by atoms with Crippen molar-refractivity contribution in [3.8, 4) is 0 Å². The molecular weight excluding hydrogens is 334 g/mol. The second-order valence-corrected chi connectivity index (χ2v) is 7.93. The predicted molar refractivity (Wildman–Crippen MR) is 109 cm³/mol. The van der Waals surface area contributed by atoms with Crippen molar-refractivity contribution in [3.63, 3.8) is 0 Å². The van der Waals surface area contributed by atoms with Crippen molar-refractivity contribution < 1.29 is 4.79 Å². The van der Waals surface area contributed by atoms with Gasteiger partial charge in [0.1, 0.15) is 5.54 Å². The standard InChI is InChI=1S/C23H29N3O/c1-17-13-18(2)15-19(14-17)16-25-22(27)23(26-11-9-24-10-12-26)8-7-20-5-3-4-6-21(20)23/h3-6,13-15,24H,7-12,16H2,1-2H3,(H,25,27)/t23-/m1/s1. The van der Waals surface area contributed by atoms with E-state index in [0.29, 0.717) is 6.54 Å². The third kappa shape index (κ3) is 3.40. The molecule has 4 heteroatoms. The van der Waals surface area contributed by atoms with Crippen molar-refractivity contribution >= 4 is 5.91 Å². The number of carbonyl (C=O) groups excluding carboxylic acids is 1. The number of rotatable bonds is 4. The third-order valence-electron chi connectivity index (χ3n) is 5.99. The Hall–Kier alpha value is -2.17. The van der Waals surface area contributed by atoms with Gasteiger partial charge in [0.05, 0.1) is 0 Å². The summed E-state index contributed by atoms with van der Waals surface area (Å²) in [6.07, 6.45) is 1.84. The Balaban J connectivity index is 1.62. The quantitative estimate of drug-likeness (QED) is 0.878. The number of piperazine rings is 1. The van der Waals surface area contributed by atoms with Crippen LogP contribution in [0.15, 0.2) is 42.5 Å². The molecule has 1 fully saturated rings. The molecule has 1 heterocycles. The van der Waals surface area contributed by atoms with Gasteiger partial charge in [0.2, 0.25) is 5.91 Å². The highest BCUT2D eigenvalue weighted by Gasteiger charge is 2.49. The second-order valence-electron chi connectivity index (χ2n) is 7.93. The lowest BCUT2D eigenvalue weighted by atomic mass is 9.87. The summed E-state index contributed by atoms with van der Waals surface area (Å²) < 4.78 is 0. The molecule has 0 radical (unpaired) electrons. The molecule has 0 aromatic heterocycles. The number of aryl methyl sites for hydroxylation is 3. The average molecular weight is 364 g/mol. The summed E-state index contributed by atoms with van der Waals surface area (Å²) in [5.74, 6) is 0.147. The lowest BCUT2D eigenvalue weighted by Crippen LogP contribution is -2.60. The molecule has 0 unspecified atom stereocenters. The Morgan fingerprint density at radius 2 is 1.81 bits per heavy atom. The Morgan fingerprint density at radius 3 is 2.56 bits per heavy atom. The molecule has 0 saturated carbocycles. The maximum Gasteiger partial charge on any atom is 0.245 e. The smallest absolute Gasteiger partial charge is 0.245 e. The minimum absolute atomic E-state index is 0.147. The molecule has 27 heavy (non-hydrogen) atoms. The fraction of sp³-hybridized carbons (Fsp3) is 0.435. The Labute approximate surface area is 162 Å². The van der Waals surface area contributed by atoms with E-state index in [2.05, 4.69) is 71.8 Å². The van der Waals surface area contributed by atoms with Gasteiger partial charge in [-0.15, -0.1) is 0 Å². The highest BCUT2D eigenvalue weighted by molar-refractivity contribution is 5.89. The van der Waals surface area contributed by atoms with Crippen LogP contribution in [0.25, 0.3) is 0 Å². The van der Waals surface area contributed by atoms with Crippen LogP contribution in [0.1, 0.15) is 34.2 Å². The van der Waals surface area contributed by atoms with Gasteiger partial charge in [-0.3, -0.25) is 9.69 Å². The monoisotopic (exact) mass is 363 g/mol. The Bertz CT molecular complexity index is 821. The van der Waals surface area contributed by atoms with Gasteiger partial charge in [-0.1, -0.05) is 53.6 Å². The summed E-state index contributed by atoms with van der Waals surface area (Å²) in [6.45, 7) is 8.48. The van der Waals surface area contributed by atoms with Gasteiger partial charge in [0.15, 0.2) is 0 Å². The minimum Gasteiger partial charge on any atom is -0.350 e. The number of hydrogen-bond acceptors (Lipinski definition) is 3. The predicted octanol–water partition coefficient (Wildman–Crippen LogP) is 2.67. The van der Waals surface area contributed by atoms with E-state index < -0.39 is 5.54 Å². The molecule has 1 amide bonds. The first-order chi connectivity index (χ1) is 13.1. The van der Waals surface area contributed by atoms with Crippen LogP contribution in [0, 0.1) is 13.8 Å². The maximum atomic E-state index is 13.6. The highest BCUT2D eigenvalue weighted by Crippen LogP contribution is 2.42. The van der Waals surface area contributed by atoms with E-state index in [0.717, 1.165) is 39.0 Å². The molecule has 2 aliphatic rings. The molecule has 4 rings (SSSR count). The van der Waals surface area contributed by atoms with Crippen molar-refractivity contribution in [1.29, 1.82) is 0 Å². The number of benzene rings is 2. The normalized spacial score (nSPS) is 22.4. The largest absolute Gasteiger partial charge is 0.350 e. The van der Waals surface area contributed by atoms with Crippen molar-refractivity contribution in [2.75, 3.05) is 26.2 Å². The summed E-state index contributed by atoms with van der Waals surface area (Å²) >= 11 is 0. The number of nitrogens with zero attached hydrogens (tertiary/aromatic N) is 1. The van der Waals surface area contributed by atoms with Crippen molar-refractivity contribution in [1.82, 2.24) is 15.5 Å². The Kier molecular flexibility index (Phi) is 5.02. The second kappa shape index (κ2) is 7.45. The van der Waals surface area contributed by atoms with E-state index in [9.17, 15) is 4.79 Å². The summed E-state index contributed by atoms with van der Waals surface area (Å²) in [5.41, 5.74) is 5.63. The van der Waals surface area contributed by atoms with Gasteiger partial charge in [-0.25, -0.2) is 0 Å². The third-order valence-corrected chi connectivity index (χ3v) is 5.99. The maximum absolute atomic E-state index is 13.6. The van der Waals surface area contributed by atoms with E-state index in [4.69, 9.17) is 0 Å². The first-order valence-corrected chi connectivity index (χ1v) is 9.99. The van der Waals surface area contributed by atoms with Crippen LogP contribution in [0.2, 0.25) is 0 Å². The molecule has 2 aromatic carbocycles. The minimum atomic E-state index is -0.530. The molecule has 1 atom stereocenters. The van der Waals surface area contributed by atoms with Crippen molar-refractivity contribution in [2.24, 2.45) is 0 Å². The van der Waals surface area contributed by atoms with E-state index in [1.807, 2.05) is 0 Å². The molecule has 1 aliphatic carbocycles. The van der Waals surface area contributed by atoms with Crippen LogP contribution < -0.4 is 10.6 Å². The van der Waals surface area contributed by atoms with Crippen LogP contribution in [-0.4, -0.2) is 37.0 Å². The molecule has 1 saturated heterocycles. The topological polar surface area (TPSA) is 44.4 Å². The lowest BCUT2D eigenvalue weighted by Gasteiger charge is -2.43. The molecule has 4 nitrogen and oxygen atoms in total. The summed E-state index contributed by atoms with van der Waals surface area (Å²) in [7, 11) is 0. The van der Waals surface area contributed by atoms with Crippen molar-refractivity contribution in [2.45, 2.75) is 38.8 Å². The molecular formula is C23H29N3O. The molecule has 2 N–H and O–H groups in total. The summed E-state index contributed by atoms with van der Waals surface area (Å²) in [4.78, 5) is 16.0. The lowest BCUT2D eigenvalue weighted by molar-refractivity contribution is -0.135. The van der Waals surface area contributed by atoms with E-state index in [-0.39, 0.29) is 5.91 Å². The van der Waals surface area contributed by atoms with Gasteiger partial charge < -0.3 is 10.6 Å². The van der Waals surface area contributed by atoms with Crippen LogP contribution in [0.3, 0.4) is 0 Å². The van der Waals surface area contributed by atoms with Gasteiger partial charge >= 0.3 is 0 Å². The number of carbonyl (C=O) groups is 1. The number of fused-ring (bicyclic) bond motifs is 1. The van der Waals surface area contributed by atoms with Gasteiger partial charge in [-0.2, -0.15) is 0 Å². The van der Waals surface area contributed by atoms with E-state index in [1.54, 1.807) is 0 Å². The zero-order chi connectivity index (χ0) is 18.9. The first kappa shape index (κ1) is 18.2. The average Bonchev–Trinajstić information content (AvgIpc) is 3.07. The fourth-order valence-corrected chi connectivity index (χ4v) is 4.85. The zero-order valence-electron chi connectivity index (χ0n) is 16.3. The van der Waals surface area contributed by atoms with Crippen LogP contribution in [0.4, 0.5) is 0 Å². The van der Waals surface area contributed by atoms with Crippen LogP contribution in [0.5, 0.6) is 0 Å². The number of hydrogen-bond donors (Lipinski definition) is 2. The first-order valence-electron chi connectivity index (χ1n) is 9.99. The van der Waals surface area contributed by atoms with Gasteiger partial charge in [0, 0.05) is 32.7 Å². The van der Waals surface area contributed by atoms with Crippen LogP contribution in [-0.2, 0) is 23.3 Å². The fourth-order valence-electron chi connectivity index (χ4n) is 4.85.